The van der Waals surface area contributed by atoms with Gasteiger partial charge < -0.3 is 20.2 Å². The summed E-state index contributed by atoms with van der Waals surface area (Å²) in [4.78, 5) is 28.3. The Morgan fingerprint density at radius 1 is 1.23 bits per heavy atom. The van der Waals surface area contributed by atoms with Crippen LogP contribution in [0.25, 0.3) is 0 Å². The van der Waals surface area contributed by atoms with Gasteiger partial charge in [0.05, 0.1) is 18.2 Å². The average Bonchev–Trinajstić information content (AvgIpc) is 3.24. The van der Waals surface area contributed by atoms with Gasteiger partial charge in [0, 0.05) is 23.5 Å². The van der Waals surface area contributed by atoms with Crippen LogP contribution in [0.15, 0.2) is 47.5 Å². The monoisotopic (exact) mass is 513 g/mol. The number of thioether (sulfide) groups is 1. The highest BCUT2D eigenvalue weighted by Gasteiger charge is 2.37. The van der Waals surface area contributed by atoms with Crippen LogP contribution in [0.3, 0.4) is 0 Å². The maximum atomic E-state index is 13.1. The molecule has 3 N–H and O–H groups in total. The van der Waals surface area contributed by atoms with Crippen molar-refractivity contribution in [3.05, 3.63) is 59.2 Å². The van der Waals surface area contributed by atoms with Crippen LogP contribution in [0.5, 0.6) is 5.75 Å². The van der Waals surface area contributed by atoms with Crippen molar-refractivity contribution in [2.45, 2.75) is 64.3 Å². The zero-order chi connectivity index (χ0) is 25.6. The molecule has 0 fully saturated rings. The van der Waals surface area contributed by atoms with E-state index >= 15 is 0 Å². The summed E-state index contributed by atoms with van der Waals surface area (Å²) in [6.45, 7) is 11.7. The van der Waals surface area contributed by atoms with Crippen LogP contribution in [-0.2, 0) is 6.54 Å². The van der Waals surface area contributed by atoms with Crippen molar-refractivity contribution in [2.75, 3.05) is 24.7 Å². The van der Waals surface area contributed by atoms with Gasteiger partial charge in [-0.1, -0.05) is 26.0 Å². The van der Waals surface area contributed by atoms with E-state index in [0.29, 0.717) is 12.1 Å². The van der Waals surface area contributed by atoms with Gasteiger partial charge in [-0.2, -0.15) is 0 Å². The molecule has 2 aromatic rings. The van der Waals surface area contributed by atoms with E-state index in [4.69, 9.17) is 4.74 Å². The van der Waals surface area contributed by atoms with Gasteiger partial charge in [0.15, 0.2) is 8.32 Å². The first-order valence-corrected chi connectivity index (χ1v) is 16.1. The summed E-state index contributed by atoms with van der Waals surface area (Å²) >= 11 is 1.78. The Balaban J connectivity index is 1.61. The average molecular weight is 514 g/mol. The maximum absolute atomic E-state index is 13.1. The smallest absolute Gasteiger partial charge is 0.255 e. The normalized spacial score (nSPS) is 16.2. The van der Waals surface area contributed by atoms with E-state index in [0.717, 1.165) is 52.7 Å². The number of carbonyl (C=O) groups is 1. The molecule has 6 nitrogen and oxygen atoms in total. The first-order chi connectivity index (χ1) is 16.5. The minimum absolute atomic E-state index is 0.0347. The quantitative estimate of drug-likeness (QED) is 0.253. The van der Waals surface area contributed by atoms with Crippen molar-refractivity contribution in [3.8, 4) is 5.75 Å². The van der Waals surface area contributed by atoms with Crippen LogP contribution in [0.4, 0.5) is 5.69 Å². The fraction of sp³-hybridized carbons (Fsp3) is 0.481. The minimum Gasteiger partial charge on any atom is -0.497 e. The second-order valence-corrected chi connectivity index (χ2v) is 16.0. The highest BCUT2D eigenvalue weighted by Crippen LogP contribution is 2.39. The molecule has 1 amide bonds. The highest BCUT2D eigenvalue weighted by atomic mass is 32.2. The number of nitrogens with one attached hydrogen (secondary N) is 2. The SMILES string of the molecule is COc1ccc(C(=O)Nc2ccc(C3CSC(C)=N3)cc2)c(CNCCCC(C)(C)[Si](C)(C)O)c1. The molecule has 0 saturated heterocycles. The Morgan fingerprint density at radius 3 is 2.54 bits per heavy atom. The molecule has 35 heavy (non-hydrogen) atoms. The number of aliphatic imine (C=N–C) groups is 1. The Kier molecular flexibility index (Phi) is 9.20. The number of nitrogens with zero attached hydrogens (tertiary/aromatic N) is 1. The van der Waals surface area contributed by atoms with Gasteiger partial charge >= 0.3 is 0 Å². The summed E-state index contributed by atoms with van der Waals surface area (Å²) < 4.78 is 5.39. The van der Waals surface area contributed by atoms with Gasteiger partial charge in [-0.05, 0) is 85.9 Å². The van der Waals surface area contributed by atoms with E-state index in [1.165, 1.54) is 0 Å². The van der Waals surface area contributed by atoms with E-state index in [1.54, 1.807) is 18.9 Å². The number of ether oxygens (including phenoxy) is 1. The first kappa shape index (κ1) is 27.5. The van der Waals surface area contributed by atoms with Gasteiger partial charge in [0.2, 0.25) is 0 Å². The van der Waals surface area contributed by atoms with E-state index in [2.05, 4.69) is 29.5 Å². The summed E-state index contributed by atoms with van der Waals surface area (Å²) in [5.74, 6) is 1.55. The molecule has 1 heterocycles. The molecule has 1 aliphatic rings. The predicted octanol–water partition coefficient (Wildman–Crippen LogP) is 6.00. The van der Waals surface area contributed by atoms with Crippen LogP contribution in [0.1, 0.15) is 61.1 Å². The maximum Gasteiger partial charge on any atom is 0.255 e. The van der Waals surface area contributed by atoms with Crippen molar-refractivity contribution < 1.29 is 14.3 Å². The number of anilines is 1. The van der Waals surface area contributed by atoms with Crippen molar-refractivity contribution in [1.82, 2.24) is 5.32 Å². The Morgan fingerprint density at radius 2 is 1.94 bits per heavy atom. The van der Waals surface area contributed by atoms with Crippen LogP contribution in [0, 0.1) is 0 Å². The summed E-state index contributed by atoms with van der Waals surface area (Å²) in [7, 11) is -0.572. The van der Waals surface area contributed by atoms with E-state index < -0.39 is 8.32 Å². The third kappa shape index (κ3) is 7.43. The van der Waals surface area contributed by atoms with Gasteiger partial charge in [-0.3, -0.25) is 9.79 Å². The number of amides is 1. The largest absolute Gasteiger partial charge is 0.497 e. The standard InChI is InChI=1S/C27H39N3O3SSi/c1-19-29-25(18-34-19)20-8-10-22(11-9-20)30-26(31)24-13-12-23(33-4)16-21(24)17-28-15-7-14-27(2,3)35(5,6)32/h8-13,16,25,28,32H,7,14-15,17-18H2,1-6H3,(H,30,31). The number of methoxy groups -OCH3 is 1. The number of hydrogen-bond donors (Lipinski definition) is 3. The molecule has 0 saturated carbocycles. The Bertz CT molecular complexity index is 1050. The summed E-state index contributed by atoms with van der Waals surface area (Å²) in [5.41, 5.74) is 3.44. The van der Waals surface area contributed by atoms with Crippen LogP contribution in [0.2, 0.25) is 18.1 Å². The number of carbonyl (C=O) groups excluding carboxylic acids is 1. The van der Waals surface area contributed by atoms with Crippen molar-refractivity contribution >= 4 is 36.7 Å². The fourth-order valence-corrected chi connectivity index (χ4v) is 5.56. The zero-order valence-corrected chi connectivity index (χ0v) is 23.6. The lowest BCUT2D eigenvalue weighted by Gasteiger charge is -2.35. The lowest BCUT2D eigenvalue weighted by molar-refractivity contribution is 0.102. The van der Waals surface area contributed by atoms with E-state index in [-0.39, 0.29) is 17.0 Å². The molecule has 2 aromatic carbocycles. The molecule has 1 aliphatic heterocycles. The van der Waals surface area contributed by atoms with Gasteiger partial charge in [0.1, 0.15) is 5.75 Å². The minimum atomic E-state index is -2.20. The van der Waals surface area contributed by atoms with Crippen molar-refractivity contribution in [3.63, 3.8) is 0 Å². The fourth-order valence-electron chi connectivity index (χ4n) is 3.90. The zero-order valence-electron chi connectivity index (χ0n) is 21.8. The second-order valence-electron chi connectivity index (χ2n) is 10.3. The van der Waals surface area contributed by atoms with Crippen LogP contribution < -0.4 is 15.4 Å². The summed E-state index contributed by atoms with van der Waals surface area (Å²) in [6, 6.07) is 13.7. The summed E-state index contributed by atoms with van der Waals surface area (Å²) in [5, 5.41) is 7.58. The molecule has 0 bridgehead atoms. The molecule has 0 aliphatic carbocycles. The number of benzene rings is 2. The second kappa shape index (κ2) is 11.7. The molecular formula is C27H39N3O3SSi. The van der Waals surface area contributed by atoms with E-state index in [1.807, 2.05) is 62.5 Å². The Hall–Kier alpha value is -2.13. The molecule has 0 aromatic heterocycles. The van der Waals surface area contributed by atoms with Crippen molar-refractivity contribution in [2.24, 2.45) is 4.99 Å². The first-order valence-electron chi connectivity index (χ1n) is 12.2. The van der Waals surface area contributed by atoms with Gasteiger partial charge in [-0.25, -0.2) is 0 Å². The molecular weight excluding hydrogens is 474 g/mol. The molecule has 1 unspecified atom stereocenters. The number of hydrogen-bond acceptors (Lipinski definition) is 6. The topological polar surface area (TPSA) is 83.0 Å². The Labute approximate surface area is 215 Å². The molecule has 3 rings (SSSR count). The lowest BCUT2D eigenvalue weighted by atomic mass is 10.0. The van der Waals surface area contributed by atoms with Crippen LogP contribution in [-0.4, -0.2) is 43.5 Å². The predicted molar refractivity (Wildman–Crippen MR) is 150 cm³/mol. The lowest BCUT2D eigenvalue weighted by Crippen LogP contribution is -2.39. The van der Waals surface area contributed by atoms with E-state index in [9.17, 15) is 9.59 Å². The van der Waals surface area contributed by atoms with Gasteiger partial charge in [0.25, 0.3) is 5.91 Å². The van der Waals surface area contributed by atoms with Crippen molar-refractivity contribution in [1.29, 1.82) is 0 Å². The number of rotatable bonds is 11. The third-order valence-corrected chi connectivity index (χ3v) is 11.6. The molecule has 190 valence electrons. The molecule has 8 heteroatoms. The van der Waals surface area contributed by atoms with Crippen LogP contribution >= 0.6 is 11.8 Å². The molecule has 0 spiro atoms. The van der Waals surface area contributed by atoms with Gasteiger partial charge in [-0.15, -0.1) is 11.8 Å². The third-order valence-electron chi connectivity index (χ3n) is 7.03. The summed E-state index contributed by atoms with van der Waals surface area (Å²) in [6.07, 6.45) is 1.92. The molecule has 0 radical (unpaired) electrons. The molecule has 1 atom stereocenters. The highest BCUT2D eigenvalue weighted by molar-refractivity contribution is 8.14.